The third kappa shape index (κ3) is 10.1. The number of nitrogens with one attached hydrogen (secondary N) is 3. The van der Waals surface area contributed by atoms with Gasteiger partial charge in [-0.15, -0.1) is 23.2 Å². The van der Waals surface area contributed by atoms with Crippen molar-refractivity contribution in [1.82, 2.24) is 19.7 Å². The highest BCUT2D eigenvalue weighted by atomic mass is 35.5. The number of halogens is 3. The largest absolute Gasteiger partial charge is 0.507 e. The Hall–Kier alpha value is -4.09. The molecule has 0 radical (unpaired) electrons. The molecule has 3 aromatic rings. The Morgan fingerprint density at radius 3 is 2.34 bits per heavy atom. The topological polar surface area (TPSA) is 313 Å². The quantitative estimate of drug-likeness (QED) is 0.0611. The average molecular weight is 935 g/mol. The van der Waals surface area contributed by atoms with E-state index < -0.39 is 120 Å². The molecular formula is C38H47Cl2FN5O15P. The Morgan fingerprint density at radius 2 is 1.77 bits per heavy atom. The van der Waals surface area contributed by atoms with Gasteiger partial charge >= 0.3 is 13.4 Å². The SMILES string of the molecule is COc1cccc2c1C(=O)c1c(O)c3c(c(O)c1C2=O)C[C@@](O)(C(=O)CO)C[C@@H]3O[C@H]1C[C@H](N)[C@H](O)[C@H](C)O1.O=P1(N(CCCl)CCCl)NCCCO1.O=c1[nH]cc(F)c(=O)[nH]1. The van der Waals surface area contributed by atoms with Gasteiger partial charge in [0.1, 0.15) is 29.5 Å². The number of aromatic nitrogens is 2. The van der Waals surface area contributed by atoms with E-state index in [2.05, 4.69) is 5.09 Å². The third-order valence-corrected chi connectivity index (χ3v) is 13.2. The van der Waals surface area contributed by atoms with Crippen LogP contribution in [-0.2, 0) is 29.8 Å². The van der Waals surface area contributed by atoms with Crippen LogP contribution in [0.25, 0.3) is 0 Å². The number of hydrogen-bond acceptors (Lipinski definition) is 16. The number of hydrogen-bond donors (Lipinski definition) is 9. The lowest BCUT2D eigenvalue weighted by Crippen LogP contribution is -2.53. The number of nitrogens with two attached hydrogens (primary N) is 1. The summed E-state index contributed by atoms with van der Waals surface area (Å²) in [5.41, 5.74) is 0.666. The maximum Gasteiger partial charge on any atom is 0.343 e. The summed E-state index contributed by atoms with van der Waals surface area (Å²) >= 11 is 11.2. The minimum Gasteiger partial charge on any atom is -0.507 e. The van der Waals surface area contributed by atoms with Crippen LogP contribution in [0.4, 0.5) is 4.39 Å². The molecule has 0 bridgehead atoms. The van der Waals surface area contributed by atoms with Gasteiger partial charge in [0.25, 0.3) is 5.56 Å². The smallest absolute Gasteiger partial charge is 0.343 e. The van der Waals surface area contributed by atoms with E-state index in [1.54, 1.807) is 16.6 Å². The predicted molar refractivity (Wildman–Crippen MR) is 219 cm³/mol. The molecule has 0 amide bonds. The number of aromatic hydroxyl groups is 2. The Bertz CT molecular complexity index is 2310. The molecular weight excluding hydrogens is 887 g/mol. The Kier molecular flexibility index (Phi) is 16.3. The van der Waals surface area contributed by atoms with Crippen molar-refractivity contribution in [3.05, 3.63) is 84.4 Å². The van der Waals surface area contributed by atoms with Crippen LogP contribution < -0.4 is 26.8 Å². The molecule has 1 unspecified atom stereocenters. The summed E-state index contributed by atoms with van der Waals surface area (Å²) in [6, 6.07) is 3.64. The molecule has 340 valence electrons. The van der Waals surface area contributed by atoms with E-state index in [1.165, 1.54) is 25.3 Å². The number of methoxy groups -OCH3 is 1. The summed E-state index contributed by atoms with van der Waals surface area (Å²) in [6.07, 6.45) is -3.52. The molecule has 7 atom stereocenters. The molecule has 7 rings (SSSR count). The van der Waals surface area contributed by atoms with Crippen LogP contribution in [0, 0.1) is 5.82 Å². The van der Waals surface area contributed by atoms with Gasteiger partial charge in [-0.2, -0.15) is 4.39 Å². The molecule has 4 aliphatic rings. The number of nitrogens with zero attached hydrogens (tertiary/aromatic N) is 1. The van der Waals surface area contributed by atoms with Crippen molar-refractivity contribution in [1.29, 1.82) is 0 Å². The van der Waals surface area contributed by atoms with Gasteiger partial charge in [-0.05, 0) is 19.4 Å². The number of phenolic OH excluding ortho intramolecular Hbond substituents is 2. The molecule has 2 fully saturated rings. The van der Waals surface area contributed by atoms with Crippen LogP contribution in [0.2, 0.25) is 0 Å². The number of Topliss-reactive ketones (excluding diaryl/α,β-unsaturated/α-hetero) is 1. The highest BCUT2D eigenvalue weighted by Gasteiger charge is 2.50. The second-order valence-corrected chi connectivity index (χ2v) is 17.5. The van der Waals surface area contributed by atoms with Crippen molar-refractivity contribution in [2.75, 3.05) is 51.7 Å². The molecule has 2 aliphatic heterocycles. The van der Waals surface area contributed by atoms with Gasteiger partial charge in [-0.1, -0.05) is 12.1 Å². The fourth-order valence-corrected chi connectivity index (χ4v) is 10.1. The van der Waals surface area contributed by atoms with Gasteiger partial charge in [-0.3, -0.25) is 28.7 Å². The highest BCUT2D eigenvalue weighted by molar-refractivity contribution is 7.54. The highest BCUT2D eigenvalue weighted by Crippen LogP contribution is 2.53. The summed E-state index contributed by atoms with van der Waals surface area (Å²) in [6.45, 7) is 2.87. The number of carbonyl (C=O) groups excluding carboxylic acids is 3. The molecule has 1 aromatic heterocycles. The number of ether oxygens (including phenoxy) is 3. The van der Waals surface area contributed by atoms with Gasteiger partial charge in [0.15, 0.2) is 17.9 Å². The zero-order valence-corrected chi connectivity index (χ0v) is 35.8. The van der Waals surface area contributed by atoms with E-state index in [0.717, 1.165) is 13.0 Å². The van der Waals surface area contributed by atoms with Crippen molar-refractivity contribution < 1.29 is 67.6 Å². The van der Waals surface area contributed by atoms with Gasteiger partial charge in [-0.25, -0.2) is 14.6 Å². The molecule has 10 N–H and O–H groups in total. The number of rotatable bonds is 10. The number of aromatic amines is 2. The van der Waals surface area contributed by atoms with Crippen molar-refractivity contribution in [2.24, 2.45) is 5.73 Å². The fraction of sp³-hybridized carbons (Fsp3) is 0.500. The lowest BCUT2D eigenvalue weighted by molar-refractivity contribution is -0.247. The van der Waals surface area contributed by atoms with Gasteiger partial charge < -0.3 is 55.0 Å². The first-order chi connectivity index (χ1) is 29.4. The number of benzene rings is 2. The Balaban J connectivity index is 0.000000256. The molecule has 62 heavy (non-hydrogen) atoms. The monoisotopic (exact) mass is 933 g/mol. The molecule has 24 heteroatoms. The van der Waals surface area contributed by atoms with Crippen LogP contribution in [0.3, 0.4) is 0 Å². The summed E-state index contributed by atoms with van der Waals surface area (Å²) < 4.78 is 48.2. The van der Waals surface area contributed by atoms with Crippen molar-refractivity contribution in [2.45, 2.75) is 68.9 Å². The number of H-pyrrole nitrogens is 2. The first-order valence-electron chi connectivity index (χ1n) is 19.2. The first kappa shape index (κ1) is 48.9. The van der Waals surface area contributed by atoms with E-state index >= 15 is 0 Å². The predicted octanol–water partition coefficient (Wildman–Crippen LogP) is 1.09. The number of ketones is 3. The van der Waals surface area contributed by atoms with E-state index in [1.807, 2.05) is 4.98 Å². The number of phenols is 2. The number of fused-ring (bicyclic) bond motifs is 3. The molecule has 0 spiro atoms. The lowest BCUT2D eigenvalue weighted by Gasteiger charge is -2.42. The lowest BCUT2D eigenvalue weighted by atomic mass is 9.72. The molecule has 2 aromatic carbocycles. The van der Waals surface area contributed by atoms with E-state index in [9.17, 15) is 58.5 Å². The molecule has 3 heterocycles. The van der Waals surface area contributed by atoms with Gasteiger partial charge in [0.2, 0.25) is 11.6 Å². The van der Waals surface area contributed by atoms with Crippen LogP contribution >= 0.6 is 30.9 Å². The second kappa shape index (κ2) is 20.6. The van der Waals surface area contributed by atoms with Gasteiger partial charge in [0, 0.05) is 79.6 Å². The number of alkyl halides is 2. The van der Waals surface area contributed by atoms with Crippen molar-refractivity contribution in [3.8, 4) is 17.2 Å². The number of carbonyl (C=O) groups is 3. The zero-order chi connectivity index (χ0) is 45.7. The summed E-state index contributed by atoms with van der Waals surface area (Å²) in [7, 11) is -1.52. The zero-order valence-electron chi connectivity index (χ0n) is 33.4. The number of aliphatic hydroxyl groups is 3. The van der Waals surface area contributed by atoms with Crippen LogP contribution in [-0.4, -0.2) is 139 Å². The fourth-order valence-electron chi connectivity index (χ4n) is 7.42. The van der Waals surface area contributed by atoms with E-state index in [0.29, 0.717) is 37.7 Å². The minimum atomic E-state index is -2.84. The maximum atomic E-state index is 13.6. The van der Waals surface area contributed by atoms with Crippen molar-refractivity contribution in [3.63, 3.8) is 0 Å². The Labute approximate surface area is 362 Å². The molecule has 2 aliphatic carbocycles. The average Bonchev–Trinajstić information content (AvgIpc) is 3.24. The number of aliphatic hydroxyl groups excluding tert-OH is 2. The van der Waals surface area contributed by atoms with Crippen LogP contribution in [0.15, 0.2) is 34.0 Å². The maximum absolute atomic E-state index is 13.6. The second-order valence-electron chi connectivity index (χ2n) is 14.5. The summed E-state index contributed by atoms with van der Waals surface area (Å²) in [4.78, 5) is 63.7. The first-order valence-corrected chi connectivity index (χ1v) is 21.8. The summed E-state index contributed by atoms with van der Waals surface area (Å²) in [5, 5.41) is 56.6. The summed E-state index contributed by atoms with van der Waals surface area (Å²) in [5.74, 6) is -3.92. The van der Waals surface area contributed by atoms with Gasteiger partial charge in [0.05, 0.1) is 48.7 Å². The standard InChI is InChI=1S/C27H29NO11.C7H15Cl2N2O2P.C4H3FN2O2/c1-10-22(31)13(28)6-17(38-10)39-15-8-27(36,16(30)9-29)7-12-19(15)26(35)21-20(24(12)33)23(32)11-4-3-5-14(37-2)18(11)25(21)34;8-2-5-11(6-3-9)14(12)10-4-1-7-13-14;5-2-1-6-4(9)7-3(2)8/h3-5,10,13,15,17,22,29,31,33,35-36H,6-9,28H2,1-2H3;1-7H2,(H,10,12);1H,(H2,6,7,8,9)/t10-,13-,15-,17-,22+,27-;;/m0../s1. The van der Waals surface area contributed by atoms with Crippen LogP contribution in [0.5, 0.6) is 17.2 Å². The molecule has 20 nitrogen and oxygen atoms in total. The molecule has 0 saturated carbocycles. The third-order valence-electron chi connectivity index (χ3n) is 10.5. The molecule has 2 saturated heterocycles. The van der Waals surface area contributed by atoms with Crippen LogP contribution in [0.1, 0.15) is 75.3 Å². The van der Waals surface area contributed by atoms with E-state index in [4.69, 9.17) is 47.7 Å². The minimum absolute atomic E-state index is 0.0173. The van der Waals surface area contributed by atoms with E-state index in [-0.39, 0.29) is 34.4 Å². The normalized spacial score (nSPS) is 26.5. The van der Waals surface area contributed by atoms with Crippen molar-refractivity contribution >= 4 is 48.2 Å². The Morgan fingerprint density at radius 1 is 1.10 bits per heavy atom.